The smallest absolute Gasteiger partial charge is 0.257 e. The van der Waals surface area contributed by atoms with Crippen LogP contribution in [0.1, 0.15) is 0 Å². The van der Waals surface area contributed by atoms with Crippen LogP contribution in [0.25, 0.3) is 0 Å². The first-order valence-electron chi connectivity index (χ1n) is 3.90. The normalized spacial score (nSPS) is 29.0. The van der Waals surface area contributed by atoms with Crippen molar-refractivity contribution in [2.45, 2.75) is 12.3 Å². The second-order valence-corrected chi connectivity index (χ2v) is 3.71. The maximum Gasteiger partial charge on any atom is 0.257 e. The Kier molecular flexibility index (Phi) is 1.48. The summed E-state index contributed by atoms with van der Waals surface area (Å²) in [6.45, 7) is 0.543. The standard InChI is InChI=1S/C7H6BrN3O2/c8-4-1-9-7-5(10-4)11-6-3(13-6)2-12-7/h1,3,6H,2H2,(H,10,11). The highest BCUT2D eigenvalue weighted by atomic mass is 79.9. The van der Waals surface area contributed by atoms with E-state index in [2.05, 4.69) is 31.2 Å². The van der Waals surface area contributed by atoms with E-state index < -0.39 is 0 Å². The molecule has 1 N–H and O–H groups in total. The van der Waals surface area contributed by atoms with Crippen LogP contribution in [0, 0.1) is 0 Å². The third-order valence-electron chi connectivity index (χ3n) is 1.96. The maximum absolute atomic E-state index is 5.38. The van der Waals surface area contributed by atoms with Crippen LogP contribution in [0.3, 0.4) is 0 Å². The molecule has 6 heteroatoms. The predicted molar refractivity (Wildman–Crippen MR) is 47.5 cm³/mol. The lowest BCUT2D eigenvalue weighted by atomic mass is 10.4. The van der Waals surface area contributed by atoms with Gasteiger partial charge in [-0.15, -0.1) is 0 Å². The van der Waals surface area contributed by atoms with Gasteiger partial charge in [0.15, 0.2) is 12.0 Å². The van der Waals surface area contributed by atoms with E-state index in [0.717, 1.165) is 0 Å². The topological polar surface area (TPSA) is 59.6 Å². The van der Waals surface area contributed by atoms with Crippen LogP contribution in [0.5, 0.6) is 5.88 Å². The summed E-state index contributed by atoms with van der Waals surface area (Å²) in [6.07, 6.45) is 1.80. The van der Waals surface area contributed by atoms with Crippen LogP contribution in [0.15, 0.2) is 10.8 Å². The molecule has 0 amide bonds. The van der Waals surface area contributed by atoms with Crippen LogP contribution >= 0.6 is 15.9 Å². The summed E-state index contributed by atoms with van der Waals surface area (Å²) < 4.78 is 11.3. The van der Waals surface area contributed by atoms with Crippen molar-refractivity contribution in [3.63, 3.8) is 0 Å². The molecule has 0 aliphatic carbocycles. The molecule has 1 fully saturated rings. The van der Waals surface area contributed by atoms with E-state index in [4.69, 9.17) is 9.47 Å². The molecule has 0 saturated carbocycles. The molecule has 0 radical (unpaired) electrons. The molecule has 2 unspecified atom stereocenters. The Morgan fingerprint density at radius 2 is 2.54 bits per heavy atom. The van der Waals surface area contributed by atoms with E-state index in [1.807, 2.05) is 0 Å². The van der Waals surface area contributed by atoms with Gasteiger partial charge in [-0.3, -0.25) is 0 Å². The van der Waals surface area contributed by atoms with Crippen molar-refractivity contribution in [1.82, 2.24) is 9.97 Å². The number of anilines is 1. The number of ether oxygens (including phenoxy) is 2. The lowest BCUT2D eigenvalue weighted by Gasteiger charge is -2.06. The summed E-state index contributed by atoms with van der Waals surface area (Å²) in [4.78, 5) is 8.27. The van der Waals surface area contributed by atoms with Gasteiger partial charge < -0.3 is 14.8 Å². The zero-order chi connectivity index (χ0) is 8.84. The molecule has 2 aliphatic heterocycles. The first-order valence-corrected chi connectivity index (χ1v) is 4.69. The Labute approximate surface area is 82.6 Å². The van der Waals surface area contributed by atoms with Crippen molar-refractivity contribution in [2.24, 2.45) is 0 Å². The summed E-state index contributed by atoms with van der Waals surface area (Å²) >= 11 is 3.24. The molecule has 1 saturated heterocycles. The molecule has 5 nitrogen and oxygen atoms in total. The molecule has 2 aliphatic rings. The highest BCUT2D eigenvalue weighted by Gasteiger charge is 2.42. The van der Waals surface area contributed by atoms with E-state index in [1.54, 1.807) is 6.20 Å². The molecule has 0 spiro atoms. The van der Waals surface area contributed by atoms with Crippen molar-refractivity contribution in [2.75, 3.05) is 11.9 Å². The molecule has 0 bridgehead atoms. The van der Waals surface area contributed by atoms with Gasteiger partial charge in [-0.1, -0.05) is 0 Å². The Hall–Kier alpha value is -0.880. The van der Waals surface area contributed by atoms with Gasteiger partial charge in [-0.05, 0) is 15.9 Å². The zero-order valence-electron chi connectivity index (χ0n) is 6.53. The highest BCUT2D eigenvalue weighted by Crippen LogP contribution is 2.32. The number of hydrogen-bond acceptors (Lipinski definition) is 5. The summed E-state index contributed by atoms with van der Waals surface area (Å²) in [7, 11) is 0. The molecular weight excluding hydrogens is 238 g/mol. The van der Waals surface area contributed by atoms with Crippen molar-refractivity contribution >= 4 is 21.7 Å². The van der Waals surface area contributed by atoms with Crippen LogP contribution in [-0.4, -0.2) is 28.9 Å². The number of rotatable bonds is 0. The molecule has 0 aromatic carbocycles. The van der Waals surface area contributed by atoms with Crippen LogP contribution in [-0.2, 0) is 4.74 Å². The number of aromatic nitrogens is 2. The average molecular weight is 244 g/mol. The van der Waals surface area contributed by atoms with Crippen molar-refractivity contribution in [3.8, 4) is 5.88 Å². The van der Waals surface area contributed by atoms with Gasteiger partial charge in [-0.25, -0.2) is 9.97 Å². The van der Waals surface area contributed by atoms with Crippen LogP contribution in [0.4, 0.5) is 5.82 Å². The van der Waals surface area contributed by atoms with Crippen molar-refractivity contribution < 1.29 is 9.47 Å². The van der Waals surface area contributed by atoms with E-state index in [1.165, 1.54) is 0 Å². The monoisotopic (exact) mass is 243 g/mol. The van der Waals surface area contributed by atoms with Gasteiger partial charge in [0.2, 0.25) is 0 Å². The molecular formula is C7H6BrN3O2. The van der Waals surface area contributed by atoms with Gasteiger partial charge in [0, 0.05) is 0 Å². The number of hydrogen-bond donors (Lipinski definition) is 1. The predicted octanol–water partition coefficient (Wildman–Crippen LogP) is 0.768. The first kappa shape index (κ1) is 7.52. The number of epoxide rings is 1. The highest BCUT2D eigenvalue weighted by molar-refractivity contribution is 9.10. The fraction of sp³-hybridized carbons (Fsp3) is 0.429. The third kappa shape index (κ3) is 1.26. The fourth-order valence-electron chi connectivity index (χ4n) is 1.25. The Bertz CT molecular complexity index is 360. The number of fused-ring (bicyclic) bond motifs is 2. The fourth-order valence-corrected chi connectivity index (χ4v) is 1.53. The van der Waals surface area contributed by atoms with Gasteiger partial charge in [0.1, 0.15) is 17.3 Å². The zero-order valence-corrected chi connectivity index (χ0v) is 8.11. The molecule has 68 valence electrons. The number of halogens is 1. The lowest BCUT2D eigenvalue weighted by Crippen LogP contribution is -2.07. The second-order valence-electron chi connectivity index (χ2n) is 2.90. The minimum Gasteiger partial charge on any atom is -0.472 e. The second kappa shape index (κ2) is 2.55. The van der Waals surface area contributed by atoms with Gasteiger partial charge in [-0.2, -0.15) is 0 Å². The minimum atomic E-state index is 0.0462. The van der Waals surface area contributed by atoms with Crippen LogP contribution < -0.4 is 10.1 Å². The number of nitrogens with zero attached hydrogens (tertiary/aromatic N) is 2. The van der Waals surface area contributed by atoms with E-state index in [9.17, 15) is 0 Å². The van der Waals surface area contributed by atoms with Gasteiger partial charge in [0.25, 0.3) is 5.88 Å². The molecule has 1 aromatic heterocycles. The SMILES string of the molecule is Brc1cnc2c(n1)NC1OC1CO2. The van der Waals surface area contributed by atoms with Gasteiger partial charge in [0.05, 0.1) is 6.20 Å². The third-order valence-corrected chi connectivity index (χ3v) is 2.34. The van der Waals surface area contributed by atoms with Crippen molar-refractivity contribution in [1.29, 1.82) is 0 Å². The molecule has 3 heterocycles. The van der Waals surface area contributed by atoms with E-state index in [-0.39, 0.29) is 12.3 Å². The molecule has 3 rings (SSSR count). The summed E-state index contributed by atoms with van der Waals surface area (Å²) in [6, 6.07) is 0. The summed E-state index contributed by atoms with van der Waals surface area (Å²) in [5.41, 5.74) is 0. The summed E-state index contributed by atoms with van der Waals surface area (Å²) in [5, 5.41) is 3.09. The van der Waals surface area contributed by atoms with Crippen LogP contribution in [0.2, 0.25) is 0 Å². The maximum atomic E-state index is 5.38. The Morgan fingerprint density at radius 3 is 3.46 bits per heavy atom. The quantitative estimate of drug-likeness (QED) is 0.683. The number of nitrogens with one attached hydrogen (secondary N) is 1. The summed E-state index contributed by atoms with van der Waals surface area (Å²) in [5.74, 6) is 1.18. The van der Waals surface area contributed by atoms with Gasteiger partial charge >= 0.3 is 0 Å². The molecule has 13 heavy (non-hydrogen) atoms. The minimum absolute atomic E-state index is 0.0462. The van der Waals surface area contributed by atoms with E-state index >= 15 is 0 Å². The largest absolute Gasteiger partial charge is 0.472 e. The Balaban J connectivity index is 2.01. The molecule has 1 aromatic rings. The molecule has 2 atom stereocenters. The van der Waals surface area contributed by atoms with E-state index in [0.29, 0.717) is 22.9 Å². The first-order chi connectivity index (χ1) is 6.33. The van der Waals surface area contributed by atoms with Crippen molar-refractivity contribution in [3.05, 3.63) is 10.8 Å². The Morgan fingerprint density at radius 1 is 1.62 bits per heavy atom. The lowest BCUT2D eigenvalue weighted by molar-refractivity contribution is 0.250. The average Bonchev–Trinajstić information content (AvgIpc) is 2.81.